The van der Waals surface area contributed by atoms with Gasteiger partial charge in [0.25, 0.3) is 0 Å². The fraction of sp³-hybridized carbons (Fsp3) is 0.200. The topological polar surface area (TPSA) is 98.2 Å². The highest BCUT2D eigenvalue weighted by Gasteiger charge is 2.18. The van der Waals surface area contributed by atoms with Gasteiger partial charge in [0.2, 0.25) is 11.8 Å². The second kappa shape index (κ2) is 5.35. The van der Waals surface area contributed by atoms with Crippen molar-refractivity contribution < 1.29 is 18.4 Å². The first-order chi connectivity index (χ1) is 7.91. The van der Waals surface area contributed by atoms with Crippen molar-refractivity contribution in [1.82, 2.24) is 0 Å². The lowest BCUT2D eigenvalue weighted by Gasteiger charge is -2.11. The zero-order chi connectivity index (χ0) is 13.0. The fourth-order valence-corrected chi connectivity index (χ4v) is 1.14. The highest BCUT2D eigenvalue weighted by atomic mass is 19.2. The quantitative estimate of drug-likeness (QED) is 0.699. The summed E-state index contributed by atoms with van der Waals surface area (Å²) in [5.74, 6) is -3.85. The summed E-state index contributed by atoms with van der Waals surface area (Å²) >= 11 is 0. The lowest BCUT2D eigenvalue weighted by molar-refractivity contribution is -0.123. The molecule has 7 heteroatoms. The van der Waals surface area contributed by atoms with Crippen LogP contribution in [-0.2, 0) is 9.59 Å². The van der Waals surface area contributed by atoms with Gasteiger partial charge in [-0.3, -0.25) is 9.59 Å². The van der Waals surface area contributed by atoms with Crippen LogP contribution in [0, 0.1) is 11.6 Å². The van der Waals surface area contributed by atoms with E-state index in [9.17, 15) is 18.4 Å². The number of benzene rings is 1. The molecule has 0 bridgehead atoms. The van der Waals surface area contributed by atoms with E-state index in [1.807, 2.05) is 0 Å². The van der Waals surface area contributed by atoms with E-state index in [0.29, 0.717) is 0 Å². The smallest absolute Gasteiger partial charge is 0.241 e. The lowest BCUT2D eigenvalue weighted by Crippen LogP contribution is -2.39. The van der Waals surface area contributed by atoms with Crippen LogP contribution in [0.2, 0.25) is 0 Å². The van der Waals surface area contributed by atoms with Crippen LogP contribution >= 0.6 is 0 Å². The molecule has 0 aliphatic rings. The summed E-state index contributed by atoms with van der Waals surface area (Å²) < 4.78 is 26.0. The number of hydrogen-bond acceptors (Lipinski definition) is 3. The zero-order valence-electron chi connectivity index (χ0n) is 8.74. The maximum absolute atomic E-state index is 13.2. The fourth-order valence-electron chi connectivity index (χ4n) is 1.14. The Morgan fingerprint density at radius 1 is 1.35 bits per heavy atom. The van der Waals surface area contributed by atoms with Crippen molar-refractivity contribution in [2.75, 3.05) is 5.32 Å². The summed E-state index contributed by atoms with van der Waals surface area (Å²) in [7, 11) is 0. The third kappa shape index (κ3) is 3.49. The third-order valence-corrected chi connectivity index (χ3v) is 1.97. The number of primary amides is 1. The lowest BCUT2D eigenvalue weighted by atomic mass is 10.2. The van der Waals surface area contributed by atoms with E-state index in [1.54, 1.807) is 0 Å². The van der Waals surface area contributed by atoms with Gasteiger partial charge in [0.15, 0.2) is 11.6 Å². The standard InChI is InChI=1S/C10H11F2N3O2/c11-5-2-1-3-7(9(5)12)15-10(17)6(13)4-8(14)16/h1-3,6H,4,13H2,(H2,14,16)(H,15,17). The SMILES string of the molecule is NC(=O)CC(N)C(=O)Nc1cccc(F)c1F. The third-order valence-electron chi connectivity index (χ3n) is 1.97. The summed E-state index contributed by atoms with van der Waals surface area (Å²) in [5, 5.41) is 2.07. The largest absolute Gasteiger partial charge is 0.370 e. The molecule has 0 saturated heterocycles. The number of carbonyl (C=O) groups is 2. The van der Waals surface area contributed by atoms with Crippen LogP contribution < -0.4 is 16.8 Å². The van der Waals surface area contributed by atoms with E-state index in [1.165, 1.54) is 12.1 Å². The first-order valence-electron chi connectivity index (χ1n) is 4.70. The predicted molar refractivity (Wildman–Crippen MR) is 56.8 cm³/mol. The van der Waals surface area contributed by atoms with Crippen molar-refractivity contribution in [1.29, 1.82) is 0 Å². The second-order valence-electron chi connectivity index (χ2n) is 3.37. The van der Waals surface area contributed by atoms with Crippen molar-refractivity contribution in [2.24, 2.45) is 11.5 Å². The number of carbonyl (C=O) groups excluding carboxylic acids is 2. The molecule has 17 heavy (non-hydrogen) atoms. The molecule has 92 valence electrons. The summed E-state index contributed by atoms with van der Waals surface area (Å²) in [6.07, 6.45) is -0.372. The van der Waals surface area contributed by atoms with Gasteiger partial charge in [0.1, 0.15) is 0 Å². The normalized spacial score (nSPS) is 11.9. The van der Waals surface area contributed by atoms with E-state index in [-0.39, 0.29) is 12.1 Å². The van der Waals surface area contributed by atoms with Crippen LogP contribution in [0.3, 0.4) is 0 Å². The molecule has 2 amide bonds. The minimum Gasteiger partial charge on any atom is -0.370 e. The van der Waals surface area contributed by atoms with Gasteiger partial charge < -0.3 is 16.8 Å². The molecule has 5 nitrogen and oxygen atoms in total. The van der Waals surface area contributed by atoms with Gasteiger partial charge in [-0.15, -0.1) is 0 Å². The molecule has 0 aliphatic carbocycles. The van der Waals surface area contributed by atoms with Crippen LogP contribution in [0.1, 0.15) is 6.42 Å². The van der Waals surface area contributed by atoms with Crippen molar-refractivity contribution in [3.05, 3.63) is 29.8 Å². The zero-order valence-corrected chi connectivity index (χ0v) is 8.74. The summed E-state index contributed by atoms with van der Waals surface area (Å²) in [5.41, 5.74) is 9.83. The summed E-state index contributed by atoms with van der Waals surface area (Å²) in [6, 6.07) is 2.12. The number of rotatable bonds is 4. The van der Waals surface area contributed by atoms with Gasteiger partial charge in [-0.25, -0.2) is 8.78 Å². The molecule has 0 fully saturated rings. The highest BCUT2D eigenvalue weighted by Crippen LogP contribution is 2.16. The maximum atomic E-state index is 13.2. The van der Waals surface area contributed by atoms with E-state index in [0.717, 1.165) is 6.07 Å². The number of hydrogen-bond donors (Lipinski definition) is 3. The van der Waals surface area contributed by atoms with E-state index >= 15 is 0 Å². The highest BCUT2D eigenvalue weighted by molar-refractivity contribution is 5.97. The number of anilines is 1. The number of halogens is 2. The molecule has 0 aliphatic heterocycles. The first-order valence-corrected chi connectivity index (χ1v) is 4.70. The summed E-state index contributed by atoms with van der Waals surface area (Å²) in [6.45, 7) is 0. The van der Waals surface area contributed by atoms with Crippen LogP contribution in [0.4, 0.5) is 14.5 Å². The number of nitrogens with one attached hydrogen (secondary N) is 1. The molecule has 1 unspecified atom stereocenters. The average Bonchev–Trinajstić information content (AvgIpc) is 2.23. The molecule has 1 atom stereocenters. The Kier molecular flexibility index (Phi) is 4.11. The minimum atomic E-state index is -1.20. The molecule has 0 heterocycles. The minimum absolute atomic E-state index is 0.338. The van der Waals surface area contributed by atoms with Crippen LogP contribution in [-0.4, -0.2) is 17.9 Å². The Morgan fingerprint density at radius 3 is 2.59 bits per heavy atom. The molecular weight excluding hydrogens is 232 g/mol. The van der Waals surface area contributed by atoms with Gasteiger partial charge in [-0.1, -0.05) is 6.07 Å². The van der Waals surface area contributed by atoms with E-state index in [4.69, 9.17) is 11.5 Å². The molecular formula is C10H11F2N3O2. The molecule has 0 radical (unpaired) electrons. The van der Waals surface area contributed by atoms with Gasteiger partial charge in [0.05, 0.1) is 18.2 Å². The predicted octanol–water partition coefficient (Wildman–Crippen LogP) is 0.106. The number of amides is 2. The first kappa shape index (κ1) is 13.0. The van der Waals surface area contributed by atoms with Crippen LogP contribution in [0.15, 0.2) is 18.2 Å². The van der Waals surface area contributed by atoms with Crippen molar-refractivity contribution >= 4 is 17.5 Å². The van der Waals surface area contributed by atoms with Gasteiger partial charge in [-0.2, -0.15) is 0 Å². The molecule has 0 saturated carbocycles. The number of nitrogens with two attached hydrogens (primary N) is 2. The Hall–Kier alpha value is -2.02. The average molecular weight is 243 g/mol. The van der Waals surface area contributed by atoms with E-state index < -0.39 is 29.5 Å². The van der Waals surface area contributed by atoms with Crippen LogP contribution in [0.25, 0.3) is 0 Å². The molecule has 0 spiro atoms. The Morgan fingerprint density at radius 2 is 2.00 bits per heavy atom. The van der Waals surface area contributed by atoms with Crippen molar-refractivity contribution in [2.45, 2.75) is 12.5 Å². The Bertz CT molecular complexity index is 451. The Labute approximate surface area is 95.8 Å². The molecule has 0 aromatic heterocycles. The van der Waals surface area contributed by atoms with Crippen molar-refractivity contribution in [3.63, 3.8) is 0 Å². The molecule has 1 aromatic rings. The Balaban J connectivity index is 2.74. The summed E-state index contributed by atoms with van der Waals surface area (Å²) in [4.78, 5) is 21.9. The van der Waals surface area contributed by atoms with Gasteiger partial charge in [0, 0.05) is 0 Å². The molecule has 5 N–H and O–H groups in total. The molecule has 1 aromatic carbocycles. The van der Waals surface area contributed by atoms with Crippen LogP contribution in [0.5, 0.6) is 0 Å². The van der Waals surface area contributed by atoms with Gasteiger partial charge >= 0.3 is 0 Å². The van der Waals surface area contributed by atoms with Gasteiger partial charge in [-0.05, 0) is 12.1 Å². The van der Waals surface area contributed by atoms with Crippen molar-refractivity contribution in [3.8, 4) is 0 Å². The van der Waals surface area contributed by atoms with E-state index in [2.05, 4.69) is 5.32 Å². The second-order valence-corrected chi connectivity index (χ2v) is 3.37. The monoisotopic (exact) mass is 243 g/mol. The maximum Gasteiger partial charge on any atom is 0.241 e. The molecule has 1 rings (SSSR count).